The lowest BCUT2D eigenvalue weighted by molar-refractivity contribution is -0.140. The molecule has 1 aliphatic heterocycles. The van der Waals surface area contributed by atoms with Gasteiger partial charge in [-0.1, -0.05) is 6.08 Å². The van der Waals surface area contributed by atoms with Crippen LogP contribution in [0.1, 0.15) is 19.8 Å². The van der Waals surface area contributed by atoms with Gasteiger partial charge in [-0.2, -0.15) is 0 Å². The molecule has 3 heteroatoms. The molecule has 1 fully saturated rings. The Kier molecular flexibility index (Phi) is 3.11. The van der Waals surface area contributed by atoms with Crippen LogP contribution >= 0.6 is 0 Å². The lowest BCUT2D eigenvalue weighted by Gasteiger charge is -2.05. The predicted octanol–water partition coefficient (Wildman–Crippen LogP) is 0.815. The molecule has 0 aliphatic carbocycles. The summed E-state index contributed by atoms with van der Waals surface area (Å²) in [7, 11) is 0. The highest BCUT2D eigenvalue weighted by molar-refractivity contribution is 5.76. The molecule has 1 N–H and O–H groups in total. The summed E-state index contributed by atoms with van der Waals surface area (Å²) in [5.74, 6) is -0.166. The van der Waals surface area contributed by atoms with Crippen molar-refractivity contribution in [2.75, 3.05) is 6.54 Å². The highest BCUT2D eigenvalue weighted by Gasteiger charge is 2.22. The van der Waals surface area contributed by atoms with E-state index in [0.717, 1.165) is 19.4 Å². The average Bonchev–Trinajstić information content (AvgIpc) is 2.52. The number of hydrogen-bond donors (Lipinski definition) is 1. The van der Waals surface area contributed by atoms with Crippen LogP contribution in [0.25, 0.3) is 0 Å². The Morgan fingerprint density at radius 2 is 2.55 bits per heavy atom. The van der Waals surface area contributed by atoms with Crippen molar-refractivity contribution < 1.29 is 9.53 Å². The first-order valence-electron chi connectivity index (χ1n) is 3.89. The third-order valence-corrected chi connectivity index (χ3v) is 1.67. The van der Waals surface area contributed by atoms with Gasteiger partial charge in [0, 0.05) is 0 Å². The molecule has 1 heterocycles. The van der Waals surface area contributed by atoms with E-state index in [9.17, 15) is 4.79 Å². The molecule has 1 unspecified atom stereocenters. The molecule has 0 radical (unpaired) electrons. The Balaban J connectivity index is 2.28. The van der Waals surface area contributed by atoms with Gasteiger partial charge in [-0.15, -0.1) is 0 Å². The summed E-state index contributed by atoms with van der Waals surface area (Å²) in [5.41, 5.74) is 0. The maximum atomic E-state index is 11.1. The molecule has 0 aromatic carbocycles. The molecule has 0 saturated carbocycles. The monoisotopic (exact) mass is 155 g/mol. The van der Waals surface area contributed by atoms with E-state index in [1.807, 2.05) is 6.92 Å². The fraction of sp³-hybridized carbons (Fsp3) is 0.625. The van der Waals surface area contributed by atoms with Gasteiger partial charge in [-0.05, 0) is 26.3 Å². The predicted molar refractivity (Wildman–Crippen MR) is 41.9 cm³/mol. The van der Waals surface area contributed by atoms with Crippen molar-refractivity contribution in [1.29, 1.82) is 0 Å². The molecule has 0 amide bonds. The van der Waals surface area contributed by atoms with Crippen molar-refractivity contribution in [3.63, 3.8) is 0 Å². The zero-order valence-electron chi connectivity index (χ0n) is 6.67. The fourth-order valence-corrected chi connectivity index (χ4v) is 1.10. The molecule has 0 spiro atoms. The minimum atomic E-state index is -0.166. The van der Waals surface area contributed by atoms with Gasteiger partial charge in [0.1, 0.15) is 6.04 Å². The zero-order valence-corrected chi connectivity index (χ0v) is 6.67. The normalized spacial score (nSPS) is 24.3. The number of rotatable bonds is 2. The van der Waals surface area contributed by atoms with Crippen LogP contribution in [0, 0.1) is 0 Å². The summed E-state index contributed by atoms with van der Waals surface area (Å²) < 4.78 is 4.79. The molecule has 1 aliphatic rings. The molecule has 1 saturated heterocycles. The van der Waals surface area contributed by atoms with Crippen LogP contribution in [0.5, 0.6) is 0 Å². The maximum Gasteiger partial charge on any atom is 0.327 e. The number of carbonyl (C=O) groups excluding carboxylic acids is 1. The van der Waals surface area contributed by atoms with E-state index in [4.69, 9.17) is 4.74 Å². The van der Waals surface area contributed by atoms with Gasteiger partial charge >= 0.3 is 5.97 Å². The molecule has 1 rings (SSSR count). The van der Waals surface area contributed by atoms with Gasteiger partial charge in [-0.25, -0.2) is 4.79 Å². The van der Waals surface area contributed by atoms with E-state index in [1.165, 1.54) is 6.26 Å². The van der Waals surface area contributed by atoms with Crippen LogP contribution in [0.2, 0.25) is 0 Å². The summed E-state index contributed by atoms with van der Waals surface area (Å²) in [5, 5.41) is 3.06. The van der Waals surface area contributed by atoms with E-state index < -0.39 is 0 Å². The molecular weight excluding hydrogens is 142 g/mol. The molecule has 0 bridgehead atoms. The molecule has 3 nitrogen and oxygen atoms in total. The number of carbonyl (C=O) groups is 1. The number of allylic oxidation sites excluding steroid dienone is 1. The van der Waals surface area contributed by atoms with Gasteiger partial charge < -0.3 is 10.1 Å². The first-order valence-corrected chi connectivity index (χ1v) is 3.89. The van der Waals surface area contributed by atoms with Crippen LogP contribution < -0.4 is 5.32 Å². The Morgan fingerprint density at radius 1 is 1.73 bits per heavy atom. The second-order valence-corrected chi connectivity index (χ2v) is 2.56. The van der Waals surface area contributed by atoms with Crippen LogP contribution in [-0.2, 0) is 9.53 Å². The maximum absolute atomic E-state index is 11.1. The van der Waals surface area contributed by atoms with E-state index >= 15 is 0 Å². The average molecular weight is 155 g/mol. The molecule has 62 valence electrons. The second kappa shape index (κ2) is 4.13. The molecule has 0 aromatic heterocycles. The Hall–Kier alpha value is -0.830. The Bertz CT molecular complexity index is 159. The van der Waals surface area contributed by atoms with E-state index in [0.29, 0.717) is 0 Å². The van der Waals surface area contributed by atoms with Crippen molar-refractivity contribution in [3.05, 3.63) is 12.3 Å². The van der Waals surface area contributed by atoms with Crippen molar-refractivity contribution in [3.8, 4) is 0 Å². The van der Waals surface area contributed by atoms with Gasteiger partial charge in [0.2, 0.25) is 0 Å². The van der Waals surface area contributed by atoms with Gasteiger partial charge in [0.05, 0.1) is 6.26 Å². The lowest BCUT2D eigenvalue weighted by Crippen LogP contribution is -2.31. The third kappa shape index (κ3) is 2.35. The standard InChI is InChI=1S/C8H13NO2/c1-2-6-11-8(10)7-4-3-5-9-7/h2,6-7,9H,3-5H2,1H3. The minimum absolute atomic E-state index is 0.0776. The van der Waals surface area contributed by atoms with Crippen LogP contribution in [-0.4, -0.2) is 18.6 Å². The first kappa shape index (κ1) is 8.27. The van der Waals surface area contributed by atoms with Gasteiger partial charge in [-0.3, -0.25) is 0 Å². The largest absolute Gasteiger partial charge is 0.434 e. The summed E-state index contributed by atoms with van der Waals surface area (Å²) in [4.78, 5) is 11.1. The highest BCUT2D eigenvalue weighted by Crippen LogP contribution is 2.06. The minimum Gasteiger partial charge on any atom is -0.434 e. The number of hydrogen-bond acceptors (Lipinski definition) is 3. The van der Waals surface area contributed by atoms with Crippen LogP contribution in [0.4, 0.5) is 0 Å². The molecule has 0 aromatic rings. The number of esters is 1. The van der Waals surface area contributed by atoms with Crippen molar-refractivity contribution in [2.24, 2.45) is 0 Å². The first-order chi connectivity index (χ1) is 5.34. The van der Waals surface area contributed by atoms with Crippen molar-refractivity contribution >= 4 is 5.97 Å². The summed E-state index contributed by atoms with van der Waals surface area (Å²) in [6.07, 6.45) is 5.08. The quantitative estimate of drug-likeness (QED) is 0.474. The number of ether oxygens (including phenoxy) is 1. The SMILES string of the molecule is CC=COC(=O)C1CCCN1. The van der Waals surface area contributed by atoms with Crippen LogP contribution in [0.3, 0.4) is 0 Å². The van der Waals surface area contributed by atoms with Crippen molar-refractivity contribution in [2.45, 2.75) is 25.8 Å². The topological polar surface area (TPSA) is 38.3 Å². The van der Waals surface area contributed by atoms with E-state index in [2.05, 4.69) is 5.32 Å². The zero-order chi connectivity index (χ0) is 8.10. The molecule has 11 heavy (non-hydrogen) atoms. The summed E-state index contributed by atoms with van der Waals surface area (Å²) >= 11 is 0. The Labute approximate surface area is 66.4 Å². The second-order valence-electron chi connectivity index (χ2n) is 2.56. The summed E-state index contributed by atoms with van der Waals surface area (Å²) in [6.45, 7) is 2.74. The smallest absolute Gasteiger partial charge is 0.327 e. The summed E-state index contributed by atoms with van der Waals surface area (Å²) in [6, 6.07) is -0.0776. The lowest BCUT2D eigenvalue weighted by atomic mass is 10.2. The fourth-order valence-electron chi connectivity index (χ4n) is 1.10. The van der Waals surface area contributed by atoms with Gasteiger partial charge in [0.15, 0.2) is 0 Å². The third-order valence-electron chi connectivity index (χ3n) is 1.67. The van der Waals surface area contributed by atoms with Crippen molar-refractivity contribution in [1.82, 2.24) is 5.32 Å². The van der Waals surface area contributed by atoms with E-state index in [-0.39, 0.29) is 12.0 Å². The van der Waals surface area contributed by atoms with Crippen LogP contribution in [0.15, 0.2) is 12.3 Å². The molecular formula is C8H13NO2. The molecule has 1 atom stereocenters. The number of nitrogens with one attached hydrogen (secondary N) is 1. The van der Waals surface area contributed by atoms with Gasteiger partial charge in [0.25, 0.3) is 0 Å². The Morgan fingerprint density at radius 3 is 3.09 bits per heavy atom. The van der Waals surface area contributed by atoms with E-state index in [1.54, 1.807) is 6.08 Å². The highest BCUT2D eigenvalue weighted by atomic mass is 16.5.